The van der Waals surface area contributed by atoms with Crippen molar-refractivity contribution in [3.63, 3.8) is 0 Å². The number of esters is 1. The van der Waals surface area contributed by atoms with Crippen LogP contribution in [0, 0.1) is 0 Å². The number of ether oxygens (including phenoxy) is 1. The Morgan fingerprint density at radius 2 is 1.87 bits per heavy atom. The molecule has 0 aliphatic carbocycles. The van der Waals surface area contributed by atoms with Gasteiger partial charge in [0.05, 0.1) is 10.2 Å². The number of hydrogen-bond donors (Lipinski definition) is 0. The van der Waals surface area contributed by atoms with Gasteiger partial charge in [-0.15, -0.1) is 11.3 Å². The van der Waals surface area contributed by atoms with Crippen molar-refractivity contribution in [3.8, 4) is 0 Å². The normalized spacial score (nSPS) is 16.4. The van der Waals surface area contributed by atoms with Crippen LogP contribution >= 0.6 is 11.3 Å². The highest BCUT2D eigenvalue weighted by atomic mass is 32.1. The van der Waals surface area contributed by atoms with E-state index < -0.39 is 5.97 Å². The molecule has 0 N–H and O–H groups in total. The van der Waals surface area contributed by atoms with Crippen LogP contribution in [-0.2, 0) is 19.7 Å². The first-order valence-corrected chi connectivity index (χ1v) is 10.5. The van der Waals surface area contributed by atoms with Gasteiger partial charge >= 0.3 is 5.97 Å². The number of rotatable bonds is 5. The first-order valence-electron chi connectivity index (χ1n) is 9.65. The van der Waals surface area contributed by atoms with Crippen molar-refractivity contribution in [2.75, 3.05) is 18.6 Å². The Morgan fingerprint density at radius 1 is 1.13 bits per heavy atom. The summed E-state index contributed by atoms with van der Waals surface area (Å²) in [5, 5.41) is 0.716. The molecule has 1 aliphatic rings. The summed E-state index contributed by atoms with van der Waals surface area (Å²) >= 11 is 1.49. The number of anilines is 1. The molecule has 2 aromatic carbocycles. The monoisotopic (exact) mass is 418 g/mol. The molecule has 0 atom stereocenters. The van der Waals surface area contributed by atoms with E-state index in [-0.39, 0.29) is 17.8 Å². The first kappa shape index (κ1) is 20.0. The Labute approximate surface area is 179 Å². The summed E-state index contributed by atoms with van der Waals surface area (Å²) < 4.78 is 6.18. The quantitative estimate of drug-likeness (QED) is 0.443. The van der Waals surface area contributed by atoms with Gasteiger partial charge in [-0.05, 0) is 29.8 Å². The number of likely N-dealkylation sites (N-methyl/N-ethyl adjacent to an activating group) is 1. The van der Waals surface area contributed by atoms with Crippen molar-refractivity contribution in [3.05, 3.63) is 77.0 Å². The Morgan fingerprint density at radius 3 is 2.63 bits per heavy atom. The SMILES string of the molecule is CN1/C(=C\C(=O)COC(=O)/C=C/c2nc3ccccc3s2)C(C)(C)c2ccccc21. The Hall–Kier alpha value is -3.25. The lowest BCUT2D eigenvalue weighted by Gasteiger charge is -2.23. The second kappa shape index (κ2) is 7.88. The van der Waals surface area contributed by atoms with E-state index in [1.54, 1.807) is 12.2 Å². The van der Waals surface area contributed by atoms with Gasteiger partial charge in [-0.25, -0.2) is 9.78 Å². The molecule has 0 amide bonds. The molecule has 6 heteroatoms. The van der Waals surface area contributed by atoms with Crippen LogP contribution in [-0.4, -0.2) is 30.4 Å². The zero-order valence-electron chi connectivity index (χ0n) is 17.1. The zero-order chi connectivity index (χ0) is 21.3. The van der Waals surface area contributed by atoms with Crippen LogP contribution in [0.1, 0.15) is 24.4 Å². The lowest BCUT2D eigenvalue weighted by atomic mass is 9.83. The fourth-order valence-electron chi connectivity index (χ4n) is 3.74. The molecule has 1 aliphatic heterocycles. The van der Waals surface area contributed by atoms with Gasteiger partial charge in [0.2, 0.25) is 0 Å². The van der Waals surface area contributed by atoms with Gasteiger partial charge in [0.25, 0.3) is 0 Å². The maximum atomic E-state index is 12.5. The highest BCUT2D eigenvalue weighted by molar-refractivity contribution is 7.19. The van der Waals surface area contributed by atoms with Crippen LogP contribution < -0.4 is 4.90 Å². The molecular formula is C24H22N2O3S. The largest absolute Gasteiger partial charge is 0.454 e. The summed E-state index contributed by atoms with van der Waals surface area (Å²) in [6.07, 6.45) is 4.49. The molecule has 4 rings (SSSR count). The highest BCUT2D eigenvalue weighted by Gasteiger charge is 2.38. The number of fused-ring (bicyclic) bond motifs is 2. The second-order valence-corrected chi connectivity index (χ2v) is 8.72. The average molecular weight is 419 g/mol. The van der Waals surface area contributed by atoms with Crippen LogP contribution in [0.25, 0.3) is 16.3 Å². The molecule has 0 unspecified atom stereocenters. The average Bonchev–Trinajstić information content (AvgIpc) is 3.24. The van der Waals surface area contributed by atoms with Gasteiger partial charge < -0.3 is 9.64 Å². The summed E-state index contributed by atoms with van der Waals surface area (Å²) in [5.74, 6) is -0.817. The standard InChI is InChI=1S/C24H22N2O3S/c1-24(2)17-8-4-6-10-19(17)26(3)21(24)14-16(27)15-29-23(28)13-12-22-25-18-9-5-7-11-20(18)30-22/h4-14H,15H2,1-3H3/b13-12+,21-14-. The van der Waals surface area contributed by atoms with Crippen molar-refractivity contribution >= 4 is 45.1 Å². The van der Waals surface area contributed by atoms with Gasteiger partial charge in [-0.3, -0.25) is 4.79 Å². The summed E-state index contributed by atoms with van der Waals surface area (Å²) in [6.45, 7) is 3.87. The van der Waals surface area contributed by atoms with Crippen LogP contribution in [0.15, 0.2) is 66.4 Å². The number of hydrogen-bond acceptors (Lipinski definition) is 6. The highest BCUT2D eigenvalue weighted by Crippen LogP contribution is 2.46. The number of para-hydroxylation sites is 2. The molecule has 1 aromatic heterocycles. The lowest BCUT2D eigenvalue weighted by molar-refractivity contribution is -0.141. The van der Waals surface area contributed by atoms with E-state index in [1.807, 2.05) is 54.4 Å². The van der Waals surface area contributed by atoms with Crippen molar-refractivity contribution in [1.82, 2.24) is 4.98 Å². The van der Waals surface area contributed by atoms with E-state index in [4.69, 9.17) is 4.74 Å². The minimum Gasteiger partial charge on any atom is -0.454 e. The van der Waals surface area contributed by atoms with E-state index in [9.17, 15) is 9.59 Å². The van der Waals surface area contributed by atoms with Gasteiger partial charge in [-0.1, -0.05) is 44.2 Å². The predicted octanol–water partition coefficient (Wildman–Crippen LogP) is 4.73. The van der Waals surface area contributed by atoms with Crippen LogP contribution in [0.2, 0.25) is 0 Å². The molecule has 0 fully saturated rings. The maximum absolute atomic E-state index is 12.5. The van der Waals surface area contributed by atoms with E-state index in [2.05, 4.69) is 24.9 Å². The Bertz CT molecular complexity index is 1160. The minimum absolute atomic E-state index is 0.250. The van der Waals surface area contributed by atoms with Crippen molar-refractivity contribution in [1.29, 1.82) is 0 Å². The molecule has 0 spiro atoms. The third kappa shape index (κ3) is 3.78. The van der Waals surface area contributed by atoms with Gasteiger partial charge in [0.15, 0.2) is 12.4 Å². The summed E-state index contributed by atoms with van der Waals surface area (Å²) in [6, 6.07) is 15.9. The molecule has 0 bridgehead atoms. The maximum Gasteiger partial charge on any atom is 0.331 e. The summed E-state index contributed by atoms with van der Waals surface area (Å²) in [4.78, 5) is 30.9. The van der Waals surface area contributed by atoms with Gasteiger partial charge in [0.1, 0.15) is 5.01 Å². The smallest absolute Gasteiger partial charge is 0.331 e. The molecule has 3 aromatic rings. The molecule has 152 valence electrons. The second-order valence-electron chi connectivity index (χ2n) is 7.66. The van der Waals surface area contributed by atoms with Crippen molar-refractivity contribution in [2.45, 2.75) is 19.3 Å². The topological polar surface area (TPSA) is 59.5 Å². The number of nitrogens with zero attached hydrogens (tertiary/aromatic N) is 2. The number of carbonyl (C=O) groups excluding carboxylic acids is 2. The fraction of sp³-hybridized carbons (Fsp3) is 0.208. The molecular weight excluding hydrogens is 396 g/mol. The number of aromatic nitrogens is 1. The molecule has 0 radical (unpaired) electrons. The van der Waals surface area contributed by atoms with Gasteiger partial charge in [0, 0.05) is 36.0 Å². The number of benzene rings is 2. The van der Waals surface area contributed by atoms with E-state index in [0.29, 0.717) is 5.01 Å². The first-order chi connectivity index (χ1) is 14.4. The Balaban J connectivity index is 1.39. The number of carbonyl (C=O) groups is 2. The number of ketones is 1. The van der Waals surface area contributed by atoms with Gasteiger partial charge in [-0.2, -0.15) is 0 Å². The number of allylic oxidation sites excluding steroid dienone is 1. The van der Waals surface area contributed by atoms with Crippen LogP contribution in [0.3, 0.4) is 0 Å². The molecule has 5 nitrogen and oxygen atoms in total. The van der Waals surface area contributed by atoms with Crippen molar-refractivity contribution in [2.24, 2.45) is 0 Å². The third-order valence-corrected chi connectivity index (χ3v) is 6.27. The third-order valence-electron chi connectivity index (χ3n) is 5.27. The lowest BCUT2D eigenvalue weighted by Crippen LogP contribution is -2.25. The van der Waals surface area contributed by atoms with Crippen LogP contribution in [0.4, 0.5) is 5.69 Å². The molecule has 0 saturated carbocycles. The van der Waals surface area contributed by atoms with E-state index in [1.165, 1.54) is 23.0 Å². The number of thiazole rings is 1. The summed E-state index contributed by atoms with van der Waals surface area (Å²) in [5.41, 5.74) is 3.73. The fourth-order valence-corrected chi connectivity index (χ4v) is 4.61. The molecule has 30 heavy (non-hydrogen) atoms. The van der Waals surface area contributed by atoms with Crippen LogP contribution in [0.5, 0.6) is 0 Å². The predicted molar refractivity (Wildman–Crippen MR) is 121 cm³/mol. The minimum atomic E-state index is -0.566. The molecule has 2 heterocycles. The van der Waals surface area contributed by atoms with Crippen molar-refractivity contribution < 1.29 is 14.3 Å². The Kier molecular flexibility index (Phi) is 5.26. The summed E-state index contributed by atoms with van der Waals surface area (Å²) in [7, 11) is 1.94. The zero-order valence-corrected chi connectivity index (χ0v) is 17.9. The van der Waals surface area contributed by atoms with E-state index >= 15 is 0 Å². The molecule has 0 saturated heterocycles. The van der Waals surface area contributed by atoms with E-state index in [0.717, 1.165) is 21.6 Å².